The van der Waals surface area contributed by atoms with E-state index in [1.54, 1.807) is 0 Å². The van der Waals surface area contributed by atoms with Gasteiger partial charge < -0.3 is 19.2 Å². The van der Waals surface area contributed by atoms with Crippen LogP contribution in [0.5, 0.6) is 0 Å². The van der Waals surface area contributed by atoms with Crippen molar-refractivity contribution in [3.8, 4) is 0 Å². The number of carbonyl (C=O) groups is 2. The maximum absolute atomic E-state index is 13.0. The van der Waals surface area contributed by atoms with Gasteiger partial charge in [-0.1, -0.05) is 30.3 Å². The highest BCUT2D eigenvalue weighted by molar-refractivity contribution is 7.89. The number of hydrogen-bond acceptors (Lipinski definition) is 6. The van der Waals surface area contributed by atoms with Crippen molar-refractivity contribution >= 4 is 22.1 Å². The average molecular weight is 422 g/mol. The lowest BCUT2D eigenvalue weighted by atomic mass is 10.2. The van der Waals surface area contributed by atoms with E-state index in [-0.39, 0.29) is 54.8 Å². The molecule has 1 N–H and O–H groups in total. The maximum atomic E-state index is 13.0. The zero-order valence-electron chi connectivity index (χ0n) is 16.1. The van der Waals surface area contributed by atoms with E-state index in [2.05, 4.69) is 0 Å². The number of rotatable bonds is 5. The fourth-order valence-electron chi connectivity index (χ4n) is 3.27. The Bertz CT molecular complexity index is 1010. The molecule has 10 heteroatoms. The zero-order chi connectivity index (χ0) is 21.2. The van der Waals surface area contributed by atoms with E-state index in [0.29, 0.717) is 0 Å². The van der Waals surface area contributed by atoms with Crippen LogP contribution in [0.2, 0.25) is 0 Å². The number of nitrogens with zero attached hydrogens (tertiary/aromatic N) is 2. The minimum atomic E-state index is -4.07. The molecule has 1 saturated heterocycles. The summed E-state index contributed by atoms with van der Waals surface area (Å²) in [5, 5.41) is 9.38. The molecule has 1 aliphatic rings. The molecule has 0 radical (unpaired) electrons. The van der Waals surface area contributed by atoms with E-state index in [0.717, 1.165) is 9.87 Å². The number of piperazine rings is 1. The Morgan fingerprint density at radius 2 is 1.69 bits per heavy atom. The van der Waals surface area contributed by atoms with Crippen molar-refractivity contribution in [1.82, 2.24) is 9.21 Å². The number of carboxylic acids is 1. The summed E-state index contributed by atoms with van der Waals surface area (Å²) in [5.41, 5.74) is 0.501. The molecule has 29 heavy (non-hydrogen) atoms. The number of hydrogen-bond donors (Lipinski definition) is 1. The molecule has 0 aliphatic carbocycles. The Hall–Kier alpha value is -2.85. The lowest BCUT2D eigenvalue weighted by molar-refractivity contribution is 0.0691. The molecule has 1 amide bonds. The van der Waals surface area contributed by atoms with Gasteiger partial charge in [0.05, 0.1) is 0 Å². The second kappa shape index (κ2) is 8.26. The van der Waals surface area contributed by atoms with Gasteiger partial charge in [-0.3, -0.25) is 0 Å². The van der Waals surface area contributed by atoms with Gasteiger partial charge in [0.2, 0.25) is 10.0 Å². The third-order valence-corrected chi connectivity index (χ3v) is 6.77. The third-order valence-electron chi connectivity index (χ3n) is 4.72. The number of aryl methyl sites for hydroxylation is 2. The summed E-state index contributed by atoms with van der Waals surface area (Å²) in [6.07, 6.45) is -0.521. The second-order valence-corrected chi connectivity index (χ2v) is 8.53. The number of carbonyl (C=O) groups excluding carboxylic acids is 1. The van der Waals surface area contributed by atoms with Crippen LogP contribution < -0.4 is 0 Å². The molecule has 1 aliphatic heterocycles. The number of amides is 1. The smallest absolute Gasteiger partial charge is 0.410 e. The number of sulfonamides is 1. The van der Waals surface area contributed by atoms with Crippen LogP contribution in [0.1, 0.15) is 27.4 Å². The predicted molar refractivity (Wildman–Crippen MR) is 102 cm³/mol. The molecule has 2 heterocycles. The summed E-state index contributed by atoms with van der Waals surface area (Å²) in [5.74, 6) is -1.29. The van der Waals surface area contributed by atoms with Gasteiger partial charge in [0, 0.05) is 26.2 Å². The van der Waals surface area contributed by atoms with Gasteiger partial charge in [0.25, 0.3) is 0 Å². The SMILES string of the molecule is Cc1oc(C)c(S(=O)(=O)N2CCN(C(=O)OCc3ccccc3)CC2)c1C(=O)O. The topological polar surface area (TPSA) is 117 Å². The van der Waals surface area contributed by atoms with Crippen LogP contribution in [0.4, 0.5) is 4.79 Å². The van der Waals surface area contributed by atoms with Gasteiger partial charge in [-0.2, -0.15) is 4.31 Å². The Kier molecular flexibility index (Phi) is 5.94. The van der Waals surface area contributed by atoms with Gasteiger partial charge >= 0.3 is 12.1 Å². The zero-order valence-corrected chi connectivity index (χ0v) is 16.9. The molecule has 0 bridgehead atoms. The highest BCUT2D eigenvalue weighted by atomic mass is 32.2. The summed E-state index contributed by atoms with van der Waals surface area (Å²) >= 11 is 0. The van der Waals surface area contributed by atoms with Gasteiger partial charge in [-0.15, -0.1) is 0 Å². The van der Waals surface area contributed by atoms with Crippen molar-refractivity contribution < 1.29 is 32.3 Å². The molecular weight excluding hydrogens is 400 g/mol. The Labute approximate surface area is 168 Å². The second-order valence-electron chi connectivity index (χ2n) is 6.66. The largest absolute Gasteiger partial charge is 0.478 e. The highest BCUT2D eigenvalue weighted by Crippen LogP contribution is 2.29. The molecule has 1 fully saturated rings. The quantitative estimate of drug-likeness (QED) is 0.785. The molecule has 156 valence electrons. The van der Waals surface area contributed by atoms with Crippen molar-refractivity contribution in [2.75, 3.05) is 26.2 Å². The van der Waals surface area contributed by atoms with E-state index in [4.69, 9.17) is 9.15 Å². The lowest BCUT2D eigenvalue weighted by Crippen LogP contribution is -2.50. The monoisotopic (exact) mass is 422 g/mol. The van der Waals surface area contributed by atoms with E-state index in [9.17, 15) is 23.1 Å². The molecule has 3 rings (SSSR count). The van der Waals surface area contributed by atoms with Crippen LogP contribution >= 0.6 is 0 Å². The molecule has 0 atom stereocenters. The fraction of sp³-hybridized carbons (Fsp3) is 0.368. The maximum Gasteiger partial charge on any atom is 0.410 e. The van der Waals surface area contributed by atoms with E-state index >= 15 is 0 Å². The Balaban J connectivity index is 1.66. The first-order chi connectivity index (χ1) is 13.7. The van der Waals surface area contributed by atoms with E-state index < -0.39 is 22.1 Å². The van der Waals surface area contributed by atoms with Gasteiger partial charge in [0.1, 0.15) is 28.6 Å². The van der Waals surface area contributed by atoms with Crippen LogP contribution in [-0.4, -0.2) is 61.0 Å². The molecular formula is C19H22N2O7S. The Morgan fingerprint density at radius 3 is 2.28 bits per heavy atom. The first kappa shape index (κ1) is 20.9. The van der Waals surface area contributed by atoms with Crippen molar-refractivity contribution in [3.63, 3.8) is 0 Å². The van der Waals surface area contributed by atoms with Crippen LogP contribution in [0.25, 0.3) is 0 Å². The minimum Gasteiger partial charge on any atom is -0.478 e. The van der Waals surface area contributed by atoms with E-state index in [1.165, 1.54) is 18.7 Å². The third kappa shape index (κ3) is 4.28. The predicted octanol–water partition coefficient (Wildman–Crippen LogP) is 2.24. The van der Waals surface area contributed by atoms with Crippen molar-refractivity contribution in [1.29, 1.82) is 0 Å². The van der Waals surface area contributed by atoms with Crippen LogP contribution in [0.15, 0.2) is 39.6 Å². The normalized spacial score (nSPS) is 15.3. The number of benzene rings is 1. The lowest BCUT2D eigenvalue weighted by Gasteiger charge is -2.33. The van der Waals surface area contributed by atoms with E-state index in [1.807, 2.05) is 30.3 Å². The molecule has 2 aromatic rings. The summed E-state index contributed by atoms with van der Waals surface area (Å²) in [6.45, 7) is 3.32. The van der Waals surface area contributed by atoms with Crippen molar-refractivity contribution in [3.05, 3.63) is 53.0 Å². The fourth-order valence-corrected chi connectivity index (χ4v) is 5.07. The van der Waals surface area contributed by atoms with Gasteiger partial charge in [-0.25, -0.2) is 18.0 Å². The summed E-state index contributed by atoms with van der Waals surface area (Å²) in [7, 11) is -4.07. The van der Waals surface area contributed by atoms with Gasteiger partial charge in [-0.05, 0) is 19.4 Å². The number of carboxylic acid groups (broad SMARTS) is 1. The molecule has 1 aromatic heterocycles. The van der Waals surface area contributed by atoms with Gasteiger partial charge in [0.15, 0.2) is 0 Å². The van der Waals surface area contributed by atoms with Crippen LogP contribution in [-0.2, 0) is 21.4 Å². The molecule has 0 spiro atoms. The number of ether oxygens (including phenoxy) is 1. The molecule has 0 unspecified atom stereocenters. The number of aromatic carboxylic acids is 1. The standard InChI is InChI=1S/C19H22N2O7S/c1-13-16(18(22)23)17(14(2)28-13)29(25,26)21-10-8-20(9-11-21)19(24)27-12-15-6-4-3-5-7-15/h3-7H,8-12H2,1-2H3,(H,22,23). The molecule has 0 saturated carbocycles. The first-order valence-electron chi connectivity index (χ1n) is 9.01. The van der Waals surface area contributed by atoms with Crippen molar-refractivity contribution in [2.24, 2.45) is 0 Å². The van der Waals surface area contributed by atoms with Crippen molar-refractivity contribution in [2.45, 2.75) is 25.3 Å². The highest BCUT2D eigenvalue weighted by Gasteiger charge is 2.37. The Morgan fingerprint density at radius 1 is 1.07 bits per heavy atom. The first-order valence-corrected chi connectivity index (χ1v) is 10.4. The van der Waals surface area contributed by atoms with Crippen LogP contribution in [0.3, 0.4) is 0 Å². The summed E-state index contributed by atoms with van der Waals surface area (Å²) in [6, 6.07) is 9.24. The number of furan rings is 1. The average Bonchev–Trinajstić information content (AvgIpc) is 3.01. The molecule has 9 nitrogen and oxygen atoms in total. The summed E-state index contributed by atoms with van der Waals surface area (Å²) in [4.78, 5) is 24.8. The molecule has 1 aromatic carbocycles. The summed E-state index contributed by atoms with van der Waals surface area (Å²) < 4.78 is 37.7. The minimum absolute atomic E-state index is 0.0320. The van der Waals surface area contributed by atoms with Crippen LogP contribution in [0, 0.1) is 13.8 Å².